The largest absolute Gasteiger partial charge is 0.309 e. The Bertz CT molecular complexity index is 569. The van der Waals surface area contributed by atoms with E-state index in [1.165, 1.54) is 26.4 Å². The SMILES string of the molecule is CCNC(Cc1ccc(C)cc1Cl)c1cc(C)c(C)s1. The fourth-order valence-electron chi connectivity index (χ4n) is 2.33. The first-order valence-electron chi connectivity index (χ1n) is 7.06. The number of hydrogen-bond acceptors (Lipinski definition) is 2. The van der Waals surface area contributed by atoms with Crippen LogP contribution in [0.25, 0.3) is 0 Å². The molecule has 20 heavy (non-hydrogen) atoms. The highest BCUT2D eigenvalue weighted by atomic mass is 35.5. The van der Waals surface area contributed by atoms with Gasteiger partial charge in [0, 0.05) is 20.8 Å². The van der Waals surface area contributed by atoms with Gasteiger partial charge in [-0.3, -0.25) is 0 Å². The van der Waals surface area contributed by atoms with Crippen LogP contribution in [0.5, 0.6) is 0 Å². The van der Waals surface area contributed by atoms with Gasteiger partial charge in [0.05, 0.1) is 0 Å². The lowest BCUT2D eigenvalue weighted by Gasteiger charge is -2.17. The minimum Gasteiger partial charge on any atom is -0.309 e. The van der Waals surface area contributed by atoms with Gasteiger partial charge in [-0.1, -0.05) is 30.7 Å². The second-order valence-electron chi connectivity index (χ2n) is 5.30. The molecule has 1 atom stereocenters. The number of thiophene rings is 1. The van der Waals surface area contributed by atoms with Gasteiger partial charge >= 0.3 is 0 Å². The monoisotopic (exact) mass is 307 g/mol. The van der Waals surface area contributed by atoms with Crippen LogP contribution >= 0.6 is 22.9 Å². The van der Waals surface area contributed by atoms with Gasteiger partial charge in [0.15, 0.2) is 0 Å². The van der Waals surface area contributed by atoms with E-state index in [0.717, 1.165) is 18.0 Å². The summed E-state index contributed by atoms with van der Waals surface area (Å²) in [5.74, 6) is 0. The Kier molecular flexibility index (Phi) is 5.25. The molecule has 1 aromatic heterocycles. The number of benzene rings is 1. The molecule has 0 spiro atoms. The minimum absolute atomic E-state index is 0.345. The van der Waals surface area contributed by atoms with Crippen molar-refractivity contribution in [1.29, 1.82) is 0 Å². The molecule has 0 saturated carbocycles. The van der Waals surface area contributed by atoms with Crippen molar-refractivity contribution in [1.82, 2.24) is 5.32 Å². The molecular formula is C17H22ClNS. The lowest BCUT2D eigenvalue weighted by Crippen LogP contribution is -2.22. The molecule has 0 aliphatic rings. The highest BCUT2D eigenvalue weighted by Gasteiger charge is 2.16. The second kappa shape index (κ2) is 6.75. The molecule has 2 aromatic rings. The maximum absolute atomic E-state index is 6.37. The zero-order chi connectivity index (χ0) is 14.7. The smallest absolute Gasteiger partial charge is 0.0456 e. The van der Waals surface area contributed by atoms with E-state index >= 15 is 0 Å². The fraction of sp³-hybridized carbons (Fsp3) is 0.412. The van der Waals surface area contributed by atoms with E-state index in [9.17, 15) is 0 Å². The van der Waals surface area contributed by atoms with E-state index in [2.05, 4.69) is 51.2 Å². The molecular weight excluding hydrogens is 286 g/mol. The van der Waals surface area contributed by atoms with Crippen molar-refractivity contribution < 1.29 is 0 Å². The molecule has 0 saturated heterocycles. The van der Waals surface area contributed by atoms with E-state index < -0.39 is 0 Å². The van der Waals surface area contributed by atoms with Crippen molar-refractivity contribution in [3.05, 3.63) is 55.7 Å². The van der Waals surface area contributed by atoms with Crippen LogP contribution in [0.4, 0.5) is 0 Å². The Labute approximate surface area is 131 Å². The molecule has 2 rings (SSSR count). The first-order chi connectivity index (χ1) is 9.51. The van der Waals surface area contributed by atoms with Crippen LogP contribution in [0.3, 0.4) is 0 Å². The molecule has 1 aromatic carbocycles. The van der Waals surface area contributed by atoms with Crippen molar-refractivity contribution >= 4 is 22.9 Å². The molecule has 0 fully saturated rings. The molecule has 1 nitrogen and oxygen atoms in total. The molecule has 3 heteroatoms. The van der Waals surface area contributed by atoms with Crippen molar-refractivity contribution in [2.45, 2.75) is 40.2 Å². The summed E-state index contributed by atoms with van der Waals surface area (Å²) >= 11 is 8.26. The zero-order valence-corrected chi connectivity index (χ0v) is 14.2. The highest BCUT2D eigenvalue weighted by Crippen LogP contribution is 2.30. The lowest BCUT2D eigenvalue weighted by molar-refractivity contribution is 0.558. The molecule has 1 heterocycles. The Morgan fingerprint density at radius 1 is 1.20 bits per heavy atom. The summed E-state index contributed by atoms with van der Waals surface area (Å²) in [6.07, 6.45) is 0.937. The van der Waals surface area contributed by atoms with Crippen molar-refractivity contribution in [2.24, 2.45) is 0 Å². The predicted octanol–water partition coefficient (Wildman–Crippen LogP) is 5.22. The average molecular weight is 308 g/mol. The summed E-state index contributed by atoms with van der Waals surface area (Å²) in [4.78, 5) is 2.80. The first-order valence-corrected chi connectivity index (χ1v) is 8.26. The fourth-order valence-corrected chi connectivity index (χ4v) is 3.76. The van der Waals surface area contributed by atoms with Crippen LogP contribution in [0.1, 0.15) is 39.4 Å². The predicted molar refractivity (Wildman–Crippen MR) is 90.1 cm³/mol. The summed E-state index contributed by atoms with van der Waals surface area (Å²) in [5.41, 5.74) is 3.80. The third-order valence-electron chi connectivity index (χ3n) is 3.61. The molecule has 0 aliphatic heterocycles. The van der Waals surface area contributed by atoms with Crippen LogP contribution in [0, 0.1) is 20.8 Å². The summed E-state index contributed by atoms with van der Waals surface area (Å²) in [6.45, 7) is 9.55. The van der Waals surface area contributed by atoms with Gasteiger partial charge in [-0.2, -0.15) is 0 Å². The van der Waals surface area contributed by atoms with Crippen LogP contribution in [-0.2, 0) is 6.42 Å². The molecule has 0 aliphatic carbocycles. The maximum atomic E-state index is 6.37. The quantitative estimate of drug-likeness (QED) is 0.798. The van der Waals surface area contributed by atoms with E-state index in [0.29, 0.717) is 6.04 Å². The van der Waals surface area contributed by atoms with Crippen molar-refractivity contribution in [3.63, 3.8) is 0 Å². The Balaban J connectivity index is 2.25. The van der Waals surface area contributed by atoms with Gasteiger partial charge < -0.3 is 5.32 Å². The molecule has 1 N–H and O–H groups in total. The molecule has 0 amide bonds. The summed E-state index contributed by atoms with van der Waals surface area (Å²) < 4.78 is 0. The van der Waals surface area contributed by atoms with Gasteiger partial charge in [0.2, 0.25) is 0 Å². The minimum atomic E-state index is 0.345. The summed E-state index contributed by atoms with van der Waals surface area (Å²) in [7, 11) is 0. The van der Waals surface area contributed by atoms with Crippen LogP contribution in [-0.4, -0.2) is 6.54 Å². The van der Waals surface area contributed by atoms with Crippen molar-refractivity contribution in [3.8, 4) is 0 Å². The molecule has 0 radical (unpaired) electrons. The number of rotatable bonds is 5. The van der Waals surface area contributed by atoms with E-state index in [1.807, 2.05) is 17.4 Å². The molecule has 108 valence electrons. The van der Waals surface area contributed by atoms with Gasteiger partial charge in [-0.15, -0.1) is 11.3 Å². The summed E-state index contributed by atoms with van der Waals surface area (Å²) in [6, 6.07) is 8.97. The second-order valence-corrected chi connectivity index (χ2v) is 6.99. The van der Waals surface area contributed by atoms with Gasteiger partial charge in [0.1, 0.15) is 0 Å². The van der Waals surface area contributed by atoms with Gasteiger partial charge in [-0.05, 0) is 62.6 Å². The number of nitrogens with one attached hydrogen (secondary N) is 1. The maximum Gasteiger partial charge on any atom is 0.0456 e. The van der Waals surface area contributed by atoms with Crippen LogP contribution in [0.15, 0.2) is 24.3 Å². The zero-order valence-electron chi connectivity index (χ0n) is 12.6. The van der Waals surface area contributed by atoms with E-state index in [-0.39, 0.29) is 0 Å². The average Bonchev–Trinajstić information content (AvgIpc) is 2.72. The Morgan fingerprint density at radius 3 is 2.50 bits per heavy atom. The topological polar surface area (TPSA) is 12.0 Å². The molecule has 1 unspecified atom stereocenters. The first kappa shape index (κ1) is 15.6. The number of halogens is 1. The number of hydrogen-bond donors (Lipinski definition) is 1. The normalized spacial score (nSPS) is 12.7. The number of likely N-dealkylation sites (N-methyl/N-ethyl adjacent to an activating group) is 1. The van der Waals surface area contributed by atoms with E-state index in [4.69, 9.17) is 11.6 Å². The summed E-state index contributed by atoms with van der Waals surface area (Å²) in [5, 5.41) is 4.45. The molecule has 0 bridgehead atoms. The standard InChI is InChI=1S/C17H22ClNS/c1-5-19-16(17-9-12(3)13(4)20-17)10-14-7-6-11(2)8-15(14)18/h6-9,16,19H,5,10H2,1-4H3. The van der Waals surface area contributed by atoms with Gasteiger partial charge in [-0.25, -0.2) is 0 Å². The van der Waals surface area contributed by atoms with E-state index in [1.54, 1.807) is 0 Å². The Hall–Kier alpha value is -0.830. The van der Waals surface area contributed by atoms with Crippen molar-refractivity contribution in [2.75, 3.05) is 6.54 Å². The third-order valence-corrected chi connectivity index (χ3v) is 5.23. The van der Waals surface area contributed by atoms with Gasteiger partial charge in [0.25, 0.3) is 0 Å². The number of aryl methyl sites for hydroxylation is 3. The highest BCUT2D eigenvalue weighted by molar-refractivity contribution is 7.12. The van der Waals surface area contributed by atoms with Crippen LogP contribution < -0.4 is 5.32 Å². The lowest BCUT2D eigenvalue weighted by atomic mass is 10.0. The third kappa shape index (κ3) is 3.63. The Morgan fingerprint density at radius 2 is 1.95 bits per heavy atom. The van der Waals surface area contributed by atoms with Crippen LogP contribution in [0.2, 0.25) is 5.02 Å².